The van der Waals surface area contributed by atoms with E-state index >= 15 is 0 Å². The molecule has 1 amide bonds. The van der Waals surface area contributed by atoms with Gasteiger partial charge in [-0.2, -0.15) is 9.78 Å². The first-order valence-electron chi connectivity index (χ1n) is 10.4. The second-order valence-electron chi connectivity index (χ2n) is 7.47. The molecule has 0 saturated carbocycles. The zero-order chi connectivity index (χ0) is 22.5. The van der Waals surface area contributed by atoms with Crippen molar-refractivity contribution >= 4 is 5.91 Å². The Balaban J connectivity index is 1.77. The number of aromatic nitrogens is 3. The van der Waals surface area contributed by atoms with Gasteiger partial charge in [-0.15, -0.1) is 0 Å². The van der Waals surface area contributed by atoms with Gasteiger partial charge in [-0.3, -0.25) is 14.2 Å². The Labute approximate surface area is 184 Å². The van der Waals surface area contributed by atoms with E-state index in [4.69, 9.17) is 9.47 Å². The van der Waals surface area contributed by atoms with Crippen molar-refractivity contribution < 1.29 is 14.3 Å². The van der Waals surface area contributed by atoms with Crippen LogP contribution in [0.25, 0.3) is 5.69 Å². The third-order valence-electron chi connectivity index (χ3n) is 5.27. The van der Waals surface area contributed by atoms with Crippen molar-refractivity contribution in [2.45, 2.75) is 25.5 Å². The van der Waals surface area contributed by atoms with Crippen LogP contribution < -0.4 is 21.3 Å². The Bertz CT molecular complexity index is 1210. The highest BCUT2D eigenvalue weighted by molar-refractivity contribution is 5.91. The Kier molecular flexibility index (Phi) is 6.46. The fourth-order valence-electron chi connectivity index (χ4n) is 3.57. The van der Waals surface area contributed by atoms with Crippen LogP contribution in [0.1, 0.15) is 28.9 Å². The topological polar surface area (TPSA) is 104 Å². The lowest BCUT2D eigenvalue weighted by atomic mass is 10.2. The second kappa shape index (κ2) is 9.61. The van der Waals surface area contributed by atoms with Crippen LogP contribution in [0.2, 0.25) is 0 Å². The predicted molar refractivity (Wildman–Crippen MR) is 117 cm³/mol. The van der Waals surface area contributed by atoms with Crippen molar-refractivity contribution in [1.82, 2.24) is 19.7 Å². The lowest BCUT2D eigenvalue weighted by molar-refractivity contribution is 0.0849. The molecule has 0 radical (unpaired) electrons. The molecule has 9 nitrogen and oxygen atoms in total. The van der Waals surface area contributed by atoms with Crippen LogP contribution >= 0.6 is 0 Å². The van der Waals surface area contributed by atoms with E-state index in [1.807, 2.05) is 18.2 Å². The summed E-state index contributed by atoms with van der Waals surface area (Å²) in [6, 6.07) is 15.8. The zero-order valence-corrected chi connectivity index (χ0v) is 17.7. The first-order valence-corrected chi connectivity index (χ1v) is 10.4. The van der Waals surface area contributed by atoms with Crippen LogP contribution in [-0.4, -0.2) is 46.6 Å². The van der Waals surface area contributed by atoms with Gasteiger partial charge in [-0.1, -0.05) is 36.4 Å². The van der Waals surface area contributed by atoms with Gasteiger partial charge in [0.15, 0.2) is 0 Å². The van der Waals surface area contributed by atoms with E-state index in [1.54, 1.807) is 36.4 Å². The molecule has 1 unspecified atom stereocenters. The Morgan fingerprint density at radius 3 is 2.72 bits per heavy atom. The summed E-state index contributed by atoms with van der Waals surface area (Å²) in [6.07, 6.45) is 1.69. The van der Waals surface area contributed by atoms with Crippen molar-refractivity contribution in [1.29, 1.82) is 0 Å². The fraction of sp³-hybridized carbons (Fsp3) is 0.304. The molecule has 1 N–H and O–H groups in total. The standard InChI is InChI=1S/C23H24N4O5/c1-31-18-10-5-9-17(13-18)27-23(30)26(15-16-7-3-2-4-8-16)22(29)20(25-27)21(28)24-14-19-11-6-12-32-19/h2-5,7-10,13,19H,6,11-12,14-15H2,1H3,(H,24,28). The summed E-state index contributed by atoms with van der Waals surface area (Å²) >= 11 is 0. The minimum Gasteiger partial charge on any atom is -0.497 e. The molecule has 1 fully saturated rings. The summed E-state index contributed by atoms with van der Waals surface area (Å²) in [6.45, 7) is 0.942. The maximum atomic E-state index is 13.2. The smallest absolute Gasteiger partial charge is 0.352 e. The molecular weight excluding hydrogens is 412 g/mol. The van der Waals surface area contributed by atoms with Gasteiger partial charge in [0.1, 0.15) is 5.75 Å². The number of carbonyl (C=O) groups excluding carboxylic acids is 1. The molecule has 1 saturated heterocycles. The summed E-state index contributed by atoms with van der Waals surface area (Å²) in [5, 5.41) is 6.84. The molecule has 0 aliphatic carbocycles. The maximum Gasteiger partial charge on any atom is 0.352 e. The van der Waals surface area contributed by atoms with Gasteiger partial charge in [0.05, 0.1) is 25.4 Å². The molecule has 3 aromatic rings. The normalized spacial score (nSPS) is 15.5. The average molecular weight is 436 g/mol. The van der Waals surface area contributed by atoms with Crippen LogP contribution in [0.4, 0.5) is 0 Å². The van der Waals surface area contributed by atoms with E-state index in [0.29, 0.717) is 18.0 Å². The monoisotopic (exact) mass is 436 g/mol. The largest absolute Gasteiger partial charge is 0.497 e. The van der Waals surface area contributed by atoms with Crippen molar-refractivity contribution in [3.8, 4) is 11.4 Å². The van der Waals surface area contributed by atoms with Gasteiger partial charge in [-0.25, -0.2) is 4.79 Å². The summed E-state index contributed by atoms with van der Waals surface area (Å²) in [5.41, 5.74) is -0.628. The Morgan fingerprint density at radius 2 is 2.00 bits per heavy atom. The summed E-state index contributed by atoms with van der Waals surface area (Å²) in [4.78, 5) is 39.2. The van der Waals surface area contributed by atoms with Crippen molar-refractivity contribution in [2.24, 2.45) is 0 Å². The van der Waals surface area contributed by atoms with Gasteiger partial charge in [0.2, 0.25) is 5.69 Å². The first-order chi connectivity index (χ1) is 15.6. The molecule has 0 spiro atoms. The molecule has 2 aromatic carbocycles. The lowest BCUT2D eigenvalue weighted by Crippen LogP contribution is -2.46. The maximum absolute atomic E-state index is 13.2. The number of nitrogens with zero attached hydrogens (tertiary/aromatic N) is 3. The van der Waals surface area contributed by atoms with Crippen molar-refractivity contribution in [3.05, 3.63) is 86.7 Å². The number of benzene rings is 2. The molecular formula is C23H24N4O5. The summed E-state index contributed by atoms with van der Waals surface area (Å²) < 4.78 is 12.8. The second-order valence-corrected chi connectivity index (χ2v) is 7.47. The third-order valence-corrected chi connectivity index (χ3v) is 5.27. The van der Waals surface area contributed by atoms with Gasteiger partial charge in [0, 0.05) is 19.2 Å². The van der Waals surface area contributed by atoms with E-state index in [2.05, 4.69) is 10.4 Å². The average Bonchev–Trinajstić information content (AvgIpc) is 3.35. The zero-order valence-electron chi connectivity index (χ0n) is 17.7. The molecule has 2 heterocycles. The number of amides is 1. The minimum atomic E-state index is -0.747. The molecule has 4 rings (SSSR count). The minimum absolute atomic E-state index is 0.0109. The van der Waals surface area contributed by atoms with Crippen LogP contribution in [-0.2, 0) is 11.3 Å². The van der Waals surface area contributed by atoms with Crippen LogP contribution in [0, 0.1) is 0 Å². The molecule has 0 bridgehead atoms. The van der Waals surface area contributed by atoms with Gasteiger partial charge in [0.25, 0.3) is 11.5 Å². The van der Waals surface area contributed by atoms with Crippen LogP contribution in [0.15, 0.2) is 64.2 Å². The molecule has 9 heteroatoms. The highest BCUT2D eigenvalue weighted by Crippen LogP contribution is 2.14. The summed E-state index contributed by atoms with van der Waals surface area (Å²) in [5.74, 6) is -0.134. The number of hydrogen-bond acceptors (Lipinski definition) is 6. The van der Waals surface area contributed by atoms with E-state index in [9.17, 15) is 14.4 Å². The van der Waals surface area contributed by atoms with E-state index < -0.39 is 17.2 Å². The number of hydrogen-bond donors (Lipinski definition) is 1. The molecule has 1 aliphatic rings. The van der Waals surface area contributed by atoms with Crippen molar-refractivity contribution in [2.75, 3.05) is 20.3 Å². The quantitative estimate of drug-likeness (QED) is 0.600. The molecule has 1 aromatic heterocycles. The van der Waals surface area contributed by atoms with Crippen LogP contribution in [0.5, 0.6) is 5.75 Å². The highest BCUT2D eigenvalue weighted by atomic mass is 16.5. The first kappa shape index (κ1) is 21.5. The number of methoxy groups -OCH3 is 1. The molecule has 1 aliphatic heterocycles. The molecule has 32 heavy (non-hydrogen) atoms. The molecule has 166 valence electrons. The van der Waals surface area contributed by atoms with Crippen molar-refractivity contribution in [3.63, 3.8) is 0 Å². The number of rotatable bonds is 7. The third kappa shape index (κ3) is 4.62. The Hall–Kier alpha value is -3.72. The van der Waals surface area contributed by atoms with E-state index in [0.717, 1.165) is 27.7 Å². The number of ether oxygens (including phenoxy) is 2. The Morgan fingerprint density at radius 1 is 1.19 bits per heavy atom. The molecule has 1 atom stereocenters. The number of carbonyl (C=O) groups is 1. The van der Waals surface area contributed by atoms with Crippen LogP contribution in [0.3, 0.4) is 0 Å². The van der Waals surface area contributed by atoms with Gasteiger partial charge >= 0.3 is 5.69 Å². The van der Waals surface area contributed by atoms with Gasteiger partial charge < -0.3 is 14.8 Å². The number of nitrogens with one attached hydrogen (secondary N) is 1. The van der Waals surface area contributed by atoms with E-state index in [-0.39, 0.29) is 24.9 Å². The predicted octanol–water partition coefficient (Wildman–Crippen LogP) is 1.36. The van der Waals surface area contributed by atoms with Gasteiger partial charge in [-0.05, 0) is 30.5 Å². The highest BCUT2D eigenvalue weighted by Gasteiger charge is 2.22. The van der Waals surface area contributed by atoms with E-state index in [1.165, 1.54) is 7.11 Å². The fourth-order valence-corrected chi connectivity index (χ4v) is 3.57. The SMILES string of the molecule is COc1cccc(-n2nc(C(=O)NCC3CCCO3)c(=O)n(Cc3ccccc3)c2=O)c1. The summed E-state index contributed by atoms with van der Waals surface area (Å²) in [7, 11) is 1.51. The lowest BCUT2D eigenvalue weighted by Gasteiger charge is -2.14.